The molecule has 2 aliphatic rings. The van der Waals surface area contributed by atoms with Crippen LogP contribution in [0.2, 0.25) is 0 Å². The van der Waals surface area contributed by atoms with Gasteiger partial charge >= 0.3 is 0 Å². The topological polar surface area (TPSA) is 31.0 Å². The molecule has 2 rings (SSSR count). The van der Waals surface area contributed by atoms with Gasteiger partial charge in [-0.2, -0.15) is 0 Å². The minimum absolute atomic E-state index is 0.351. The highest BCUT2D eigenvalue weighted by molar-refractivity contribution is 4.93. The zero-order valence-electron chi connectivity index (χ0n) is 11.4. The van der Waals surface area contributed by atoms with E-state index in [0.717, 1.165) is 26.1 Å². The van der Waals surface area contributed by atoms with E-state index in [0.29, 0.717) is 18.1 Å². The molecule has 0 aromatic heterocycles. The molecule has 0 amide bonds. The third-order valence-corrected chi connectivity index (χ3v) is 4.07. The Balaban J connectivity index is 1.90. The molecule has 1 saturated carbocycles. The number of rotatable bonds is 7. The lowest BCUT2D eigenvalue weighted by Gasteiger charge is -2.36. The van der Waals surface area contributed by atoms with E-state index in [9.17, 15) is 0 Å². The Hall–Kier alpha value is -0.120. The zero-order chi connectivity index (χ0) is 12.3. The Bertz CT molecular complexity index is 236. The quantitative estimate of drug-likeness (QED) is 0.507. The summed E-state index contributed by atoms with van der Waals surface area (Å²) in [7, 11) is 0. The van der Waals surface area contributed by atoms with Gasteiger partial charge in [0.25, 0.3) is 0 Å². The van der Waals surface area contributed by atoms with Gasteiger partial charge in [0, 0.05) is 19.6 Å². The van der Waals surface area contributed by atoms with Gasteiger partial charge < -0.3 is 14.2 Å². The summed E-state index contributed by atoms with van der Waals surface area (Å²) in [5, 5.41) is 0. The molecule has 0 bridgehead atoms. The second-order valence-corrected chi connectivity index (χ2v) is 5.23. The normalized spacial score (nSPS) is 32.3. The highest BCUT2D eigenvalue weighted by atomic mass is 16.7. The van der Waals surface area contributed by atoms with Gasteiger partial charge in [0.15, 0.2) is 5.79 Å². The van der Waals surface area contributed by atoms with E-state index in [4.69, 9.17) is 14.2 Å². The largest absolute Gasteiger partial charge is 0.370 e. The number of epoxide rings is 1. The van der Waals surface area contributed by atoms with Crippen LogP contribution in [0.5, 0.6) is 0 Å². The Labute approximate surface area is 105 Å². The van der Waals surface area contributed by atoms with Crippen LogP contribution in [0.1, 0.15) is 52.9 Å². The highest BCUT2D eigenvalue weighted by Crippen LogP contribution is 2.43. The predicted molar refractivity (Wildman–Crippen MR) is 66.9 cm³/mol. The molecule has 1 saturated heterocycles. The molecule has 0 radical (unpaired) electrons. The fourth-order valence-corrected chi connectivity index (χ4v) is 3.15. The first kappa shape index (κ1) is 13.3. The summed E-state index contributed by atoms with van der Waals surface area (Å²) < 4.78 is 17.4. The van der Waals surface area contributed by atoms with Crippen molar-refractivity contribution in [3.63, 3.8) is 0 Å². The van der Waals surface area contributed by atoms with Crippen molar-refractivity contribution in [1.29, 1.82) is 0 Å². The second-order valence-electron chi connectivity index (χ2n) is 5.23. The second kappa shape index (κ2) is 5.68. The average Bonchev–Trinajstić information content (AvgIpc) is 3.08. The van der Waals surface area contributed by atoms with Crippen LogP contribution in [-0.2, 0) is 14.2 Å². The molecule has 0 aromatic rings. The van der Waals surface area contributed by atoms with E-state index >= 15 is 0 Å². The average molecular weight is 242 g/mol. The van der Waals surface area contributed by atoms with Crippen molar-refractivity contribution in [2.24, 2.45) is 5.92 Å². The number of ether oxygens (including phenoxy) is 3. The third-order valence-electron chi connectivity index (χ3n) is 4.07. The smallest absolute Gasteiger partial charge is 0.168 e. The summed E-state index contributed by atoms with van der Waals surface area (Å²) in [6.45, 7) is 7.70. The minimum Gasteiger partial charge on any atom is -0.370 e. The molecule has 2 fully saturated rings. The van der Waals surface area contributed by atoms with Gasteiger partial charge in [-0.1, -0.05) is 6.92 Å². The van der Waals surface area contributed by atoms with Crippen molar-refractivity contribution in [1.82, 2.24) is 0 Å². The van der Waals surface area contributed by atoms with Gasteiger partial charge in [0.1, 0.15) is 0 Å². The molecule has 17 heavy (non-hydrogen) atoms. The fraction of sp³-hybridized carbons (Fsp3) is 1.00. The zero-order valence-corrected chi connectivity index (χ0v) is 11.4. The molecule has 3 atom stereocenters. The molecule has 1 heterocycles. The summed E-state index contributed by atoms with van der Waals surface area (Å²) in [6.07, 6.45) is 6.79. The Morgan fingerprint density at radius 2 is 1.76 bits per heavy atom. The van der Waals surface area contributed by atoms with E-state index in [2.05, 4.69) is 6.92 Å². The van der Waals surface area contributed by atoms with Gasteiger partial charge in [0.05, 0.1) is 12.2 Å². The highest BCUT2D eigenvalue weighted by Gasteiger charge is 2.46. The lowest BCUT2D eigenvalue weighted by Crippen LogP contribution is -2.38. The van der Waals surface area contributed by atoms with Crippen LogP contribution in [0.25, 0.3) is 0 Å². The van der Waals surface area contributed by atoms with Crippen molar-refractivity contribution in [2.45, 2.75) is 70.9 Å². The Kier molecular flexibility index (Phi) is 4.45. The molecule has 0 spiro atoms. The van der Waals surface area contributed by atoms with E-state index in [-0.39, 0.29) is 5.79 Å². The van der Waals surface area contributed by atoms with Crippen molar-refractivity contribution in [2.75, 3.05) is 13.2 Å². The molecule has 3 unspecified atom stereocenters. The van der Waals surface area contributed by atoms with Crippen LogP contribution in [0.3, 0.4) is 0 Å². The van der Waals surface area contributed by atoms with E-state index in [1.807, 2.05) is 13.8 Å². The van der Waals surface area contributed by atoms with Gasteiger partial charge in [-0.25, -0.2) is 0 Å². The number of fused-ring (bicyclic) bond motifs is 1. The van der Waals surface area contributed by atoms with Crippen LogP contribution in [0.15, 0.2) is 0 Å². The van der Waals surface area contributed by atoms with Crippen LogP contribution < -0.4 is 0 Å². The van der Waals surface area contributed by atoms with Gasteiger partial charge in [0.2, 0.25) is 0 Å². The molecule has 0 N–H and O–H groups in total. The van der Waals surface area contributed by atoms with Crippen LogP contribution in [0, 0.1) is 5.92 Å². The molecular formula is C14H26O3. The Morgan fingerprint density at radius 3 is 2.29 bits per heavy atom. The summed E-state index contributed by atoms with van der Waals surface area (Å²) in [5.74, 6) is 0.354. The van der Waals surface area contributed by atoms with E-state index in [1.54, 1.807) is 0 Å². The number of hydrogen-bond donors (Lipinski definition) is 0. The first-order chi connectivity index (χ1) is 8.23. The monoisotopic (exact) mass is 242 g/mol. The van der Waals surface area contributed by atoms with Gasteiger partial charge in [-0.15, -0.1) is 0 Å². The third kappa shape index (κ3) is 3.21. The Morgan fingerprint density at radius 1 is 1.06 bits per heavy atom. The predicted octanol–water partition coefficient (Wildman–Crippen LogP) is 3.12. The molecule has 1 aliphatic carbocycles. The molecule has 100 valence electrons. The summed E-state index contributed by atoms with van der Waals surface area (Å²) in [6, 6.07) is 0. The van der Waals surface area contributed by atoms with Crippen molar-refractivity contribution in [3.05, 3.63) is 0 Å². The maximum atomic E-state index is 5.91. The van der Waals surface area contributed by atoms with Crippen molar-refractivity contribution >= 4 is 0 Å². The van der Waals surface area contributed by atoms with Gasteiger partial charge in [-0.05, 0) is 45.4 Å². The lowest BCUT2D eigenvalue weighted by molar-refractivity contribution is -0.245. The van der Waals surface area contributed by atoms with Crippen LogP contribution >= 0.6 is 0 Å². The van der Waals surface area contributed by atoms with E-state index < -0.39 is 0 Å². The fourth-order valence-electron chi connectivity index (χ4n) is 3.15. The SMILES string of the molecule is CCOC(CC)(CC1CCC2OC2C1)OCC. The molecule has 3 heteroatoms. The van der Waals surface area contributed by atoms with E-state index in [1.165, 1.54) is 19.3 Å². The summed E-state index contributed by atoms with van der Waals surface area (Å²) >= 11 is 0. The lowest BCUT2D eigenvalue weighted by atomic mass is 9.83. The maximum Gasteiger partial charge on any atom is 0.168 e. The first-order valence-corrected chi connectivity index (χ1v) is 7.16. The molecule has 1 aliphatic heterocycles. The number of hydrogen-bond acceptors (Lipinski definition) is 3. The van der Waals surface area contributed by atoms with Gasteiger partial charge in [-0.3, -0.25) is 0 Å². The maximum absolute atomic E-state index is 5.91. The summed E-state index contributed by atoms with van der Waals surface area (Å²) in [5.41, 5.74) is 0. The van der Waals surface area contributed by atoms with Crippen molar-refractivity contribution < 1.29 is 14.2 Å². The molecule has 3 nitrogen and oxygen atoms in total. The van der Waals surface area contributed by atoms with Crippen LogP contribution in [-0.4, -0.2) is 31.2 Å². The first-order valence-electron chi connectivity index (χ1n) is 7.16. The standard InChI is InChI=1S/C14H26O3/c1-4-14(15-5-2,16-6-3)10-11-7-8-12-13(9-11)17-12/h11-13H,4-10H2,1-3H3. The molecule has 0 aromatic carbocycles. The minimum atomic E-state index is -0.351. The molecular weight excluding hydrogens is 216 g/mol. The van der Waals surface area contributed by atoms with Crippen molar-refractivity contribution in [3.8, 4) is 0 Å². The van der Waals surface area contributed by atoms with Crippen LogP contribution in [0.4, 0.5) is 0 Å². The summed E-state index contributed by atoms with van der Waals surface area (Å²) in [4.78, 5) is 0.